The molecule has 0 unspecified atom stereocenters. The van der Waals surface area contributed by atoms with E-state index >= 15 is 0 Å². The lowest BCUT2D eigenvalue weighted by molar-refractivity contribution is -0.148. The van der Waals surface area contributed by atoms with Crippen molar-refractivity contribution in [2.75, 3.05) is 6.54 Å². The van der Waals surface area contributed by atoms with Crippen LogP contribution in [-0.2, 0) is 4.79 Å². The molecule has 0 spiro atoms. The van der Waals surface area contributed by atoms with Gasteiger partial charge in [0.2, 0.25) is 5.92 Å². The highest BCUT2D eigenvalue weighted by Crippen LogP contribution is 2.48. The van der Waals surface area contributed by atoms with Gasteiger partial charge in [-0.15, -0.1) is 0 Å². The van der Waals surface area contributed by atoms with Gasteiger partial charge in [-0.1, -0.05) is 41.9 Å². The van der Waals surface area contributed by atoms with Crippen molar-refractivity contribution in [1.82, 2.24) is 16.0 Å². The molecule has 1 saturated heterocycles. The first kappa shape index (κ1) is 20.3. The molecule has 6 nitrogen and oxygen atoms in total. The predicted octanol–water partition coefficient (Wildman–Crippen LogP) is 3.36. The van der Waals surface area contributed by atoms with Gasteiger partial charge in [0, 0.05) is 29.3 Å². The molecule has 30 heavy (non-hydrogen) atoms. The lowest BCUT2D eigenvalue weighted by Gasteiger charge is -2.44. The van der Waals surface area contributed by atoms with E-state index in [1.165, 1.54) is 0 Å². The molecule has 2 aliphatic rings. The second kappa shape index (κ2) is 7.36. The maximum Gasteiger partial charge on any atom is 0.322 e. The molecule has 4 amide bonds. The maximum absolute atomic E-state index is 13.4. The molecule has 1 aliphatic heterocycles. The Bertz CT molecular complexity index is 1020. The zero-order valence-electron chi connectivity index (χ0n) is 15.7. The van der Waals surface area contributed by atoms with E-state index in [-0.39, 0.29) is 6.54 Å². The van der Waals surface area contributed by atoms with Crippen LogP contribution in [0.15, 0.2) is 48.5 Å². The van der Waals surface area contributed by atoms with Crippen LogP contribution in [0.25, 0.3) is 11.1 Å². The van der Waals surface area contributed by atoms with Crippen LogP contribution >= 0.6 is 11.6 Å². The predicted molar refractivity (Wildman–Crippen MR) is 106 cm³/mol. The monoisotopic (exact) mass is 433 g/mol. The molecule has 9 heteroatoms. The van der Waals surface area contributed by atoms with E-state index < -0.39 is 48.1 Å². The summed E-state index contributed by atoms with van der Waals surface area (Å²) < 4.78 is 26.9. The number of nitrogens with one attached hydrogen (secondary N) is 3. The van der Waals surface area contributed by atoms with Crippen molar-refractivity contribution in [3.63, 3.8) is 0 Å². The fraction of sp³-hybridized carbons (Fsp3) is 0.286. The van der Waals surface area contributed by atoms with E-state index in [2.05, 4.69) is 16.0 Å². The largest absolute Gasteiger partial charge is 0.349 e. The summed E-state index contributed by atoms with van der Waals surface area (Å²) in [5.74, 6) is -4.85. The average molecular weight is 434 g/mol. The Morgan fingerprint density at radius 1 is 1.10 bits per heavy atom. The number of hydrogen-bond donors (Lipinski definition) is 3. The number of amides is 4. The molecule has 1 aliphatic carbocycles. The minimum atomic E-state index is -2.88. The molecule has 2 aromatic carbocycles. The van der Waals surface area contributed by atoms with Gasteiger partial charge < -0.3 is 10.6 Å². The Balaban J connectivity index is 1.56. The highest BCUT2D eigenvalue weighted by atomic mass is 35.5. The van der Waals surface area contributed by atoms with Gasteiger partial charge in [0.25, 0.3) is 11.8 Å². The van der Waals surface area contributed by atoms with Gasteiger partial charge in [0.1, 0.15) is 5.54 Å². The standard InChI is InChI=1S/C21H18ClF2N3O3/c22-14-7-5-12(6-8-14)15-3-1-2-4-16(15)17(28)25-11-21(13-9-20(23,24)10-13)18(29)26-19(30)27-21/h1-8,13H,9-11H2,(H,25,28)(H2,26,27,29,30)/t21-/m0/s1. The van der Waals surface area contributed by atoms with Crippen molar-refractivity contribution in [2.45, 2.75) is 24.3 Å². The third-order valence-corrected chi connectivity index (χ3v) is 5.86. The first-order valence-corrected chi connectivity index (χ1v) is 9.73. The van der Waals surface area contributed by atoms with Crippen LogP contribution in [0.5, 0.6) is 0 Å². The summed E-state index contributed by atoms with van der Waals surface area (Å²) in [6.07, 6.45) is -1.06. The fourth-order valence-electron chi connectivity index (χ4n) is 3.95. The molecule has 1 saturated carbocycles. The molecule has 1 atom stereocenters. The van der Waals surface area contributed by atoms with Crippen LogP contribution in [0.4, 0.5) is 13.6 Å². The molecular formula is C21H18ClF2N3O3. The number of alkyl halides is 2. The third kappa shape index (κ3) is 3.63. The Hall–Kier alpha value is -3.00. The van der Waals surface area contributed by atoms with Gasteiger partial charge in [-0.3, -0.25) is 14.9 Å². The van der Waals surface area contributed by atoms with Crippen LogP contribution in [-0.4, -0.2) is 35.9 Å². The SMILES string of the molecule is O=C1NC(=O)[C@](CNC(=O)c2ccccc2-c2ccc(Cl)cc2)(C2CC(F)(F)C2)N1. The van der Waals surface area contributed by atoms with Crippen LogP contribution in [0, 0.1) is 5.92 Å². The molecule has 4 rings (SSSR count). The highest BCUT2D eigenvalue weighted by molar-refractivity contribution is 6.30. The van der Waals surface area contributed by atoms with Crippen molar-refractivity contribution < 1.29 is 23.2 Å². The third-order valence-electron chi connectivity index (χ3n) is 5.61. The van der Waals surface area contributed by atoms with E-state index in [1.807, 2.05) is 0 Å². The Labute approximate surface area is 176 Å². The minimum Gasteiger partial charge on any atom is -0.349 e. The van der Waals surface area contributed by atoms with Crippen molar-refractivity contribution in [3.8, 4) is 11.1 Å². The van der Waals surface area contributed by atoms with E-state index in [1.54, 1.807) is 48.5 Å². The normalized spacial score (nSPS) is 22.8. The number of carbonyl (C=O) groups excluding carboxylic acids is 3. The molecule has 2 fully saturated rings. The number of rotatable bonds is 5. The van der Waals surface area contributed by atoms with E-state index in [4.69, 9.17) is 11.6 Å². The smallest absolute Gasteiger partial charge is 0.322 e. The van der Waals surface area contributed by atoms with Gasteiger partial charge >= 0.3 is 6.03 Å². The zero-order chi connectivity index (χ0) is 21.5. The first-order chi connectivity index (χ1) is 14.2. The second-order valence-electron chi connectivity index (χ2n) is 7.58. The molecule has 3 N–H and O–H groups in total. The number of carbonyl (C=O) groups is 3. The summed E-state index contributed by atoms with van der Waals surface area (Å²) in [5.41, 5.74) is 0.170. The summed E-state index contributed by atoms with van der Waals surface area (Å²) in [4.78, 5) is 37.0. The van der Waals surface area contributed by atoms with Gasteiger partial charge in [-0.05, 0) is 29.3 Å². The van der Waals surface area contributed by atoms with Crippen molar-refractivity contribution in [1.29, 1.82) is 0 Å². The number of benzene rings is 2. The Morgan fingerprint density at radius 3 is 2.37 bits per heavy atom. The maximum atomic E-state index is 13.4. The summed E-state index contributed by atoms with van der Waals surface area (Å²) in [6.45, 7) is -0.293. The molecule has 0 radical (unpaired) electrons. The van der Waals surface area contributed by atoms with Gasteiger partial charge in [0.15, 0.2) is 0 Å². The fourth-order valence-corrected chi connectivity index (χ4v) is 4.07. The van der Waals surface area contributed by atoms with Gasteiger partial charge in [-0.2, -0.15) is 0 Å². The van der Waals surface area contributed by atoms with E-state index in [0.29, 0.717) is 16.1 Å². The van der Waals surface area contributed by atoms with E-state index in [9.17, 15) is 23.2 Å². The minimum absolute atomic E-state index is 0.293. The van der Waals surface area contributed by atoms with Crippen LogP contribution in [0.3, 0.4) is 0 Å². The van der Waals surface area contributed by atoms with E-state index in [0.717, 1.165) is 5.56 Å². The quantitative estimate of drug-likeness (QED) is 0.632. The molecular weight excluding hydrogens is 416 g/mol. The summed E-state index contributed by atoms with van der Waals surface area (Å²) in [5, 5.41) is 7.75. The van der Waals surface area contributed by atoms with Crippen LogP contribution in [0.2, 0.25) is 5.02 Å². The number of halogens is 3. The summed E-state index contributed by atoms with van der Waals surface area (Å²) in [6, 6.07) is 13.1. The molecule has 156 valence electrons. The topological polar surface area (TPSA) is 87.3 Å². The number of urea groups is 1. The molecule has 1 heterocycles. The average Bonchev–Trinajstić information content (AvgIpc) is 2.99. The first-order valence-electron chi connectivity index (χ1n) is 9.35. The highest BCUT2D eigenvalue weighted by Gasteiger charge is 2.61. The molecule has 0 aromatic heterocycles. The van der Waals surface area contributed by atoms with Gasteiger partial charge in [-0.25, -0.2) is 13.6 Å². The lowest BCUT2D eigenvalue weighted by Crippen LogP contribution is -2.64. The van der Waals surface area contributed by atoms with Crippen molar-refractivity contribution in [2.24, 2.45) is 5.92 Å². The Kier molecular flexibility index (Phi) is 4.97. The lowest BCUT2D eigenvalue weighted by atomic mass is 9.68. The number of imide groups is 1. The zero-order valence-corrected chi connectivity index (χ0v) is 16.4. The van der Waals surface area contributed by atoms with Crippen molar-refractivity contribution >= 4 is 29.4 Å². The number of hydrogen-bond acceptors (Lipinski definition) is 3. The van der Waals surface area contributed by atoms with Crippen LogP contribution in [0.1, 0.15) is 23.2 Å². The molecule has 2 aromatic rings. The van der Waals surface area contributed by atoms with Gasteiger partial charge in [0.05, 0.1) is 6.54 Å². The van der Waals surface area contributed by atoms with Crippen molar-refractivity contribution in [3.05, 3.63) is 59.1 Å². The summed E-state index contributed by atoms with van der Waals surface area (Å²) >= 11 is 5.93. The second-order valence-corrected chi connectivity index (χ2v) is 8.01. The van der Waals surface area contributed by atoms with Crippen LogP contribution < -0.4 is 16.0 Å². The summed E-state index contributed by atoms with van der Waals surface area (Å²) in [7, 11) is 0. The molecule has 0 bridgehead atoms. The Morgan fingerprint density at radius 2 is 1.77 bits per heavy atom.